The van der Waals surface area contributed by atoms with Gasteiger partial charge < -0.3 is 9.47 Å². The van der Waals surface area contributed by atoms with Crippen molar-refractivity contribution < 1.29 is 14.3 Å². The lowest BCUT2D eigenvalue weighted by Crippen LogP contribution is -2.01. The average Bonchev–Trinajstić information content (AvgIpc) is 2.45. The molecule has 0 aromatic heterocycles. The van der Waals surface area contributed by atoms with Crippen LogP contribution in [-0.4, -0.2) is 19.2 Å². The van der Waals surface area contributed by atoms with Crippen LogP contribution in [0.3, 0.4) is 0 Å². The van der Waals surface area contributed by atoms with Crippen LogP contribution in [0, 0.1) is 0 Å². The summed E-state index contributed by atoms with van der Waals surface area (Å²) in [7, 11) is 0. The number of benzene rings is 1. The van der Waals surface area contributed by atoms with Gasteiger partial charge in [0.15, 0.2) is 0 Å². The van der Waals surface area contributed by atoms with Crippen LogP contribution in [0.15, 0.2) is 30.3 Å². The number of ether oxygens (including phenoxy) is 2. The number of hydrogen-bond donors (Lipinski definition) is 0. The van der Waals surface area contributed by atoms with Crippen molar-refractivity contribution in [1.29, 1.82) is 0 Å². The van der Waals surface area contributed by atoms with E-state index in [1.807, 2.05) is 31.2 Å². The predicted molar refractivity (Wildman–Crippen MR) is 81.7 cm³/mol. The third-order valence-corrected chi connectivity index (χ3v) is 2.80. The second kappa shape index (κ2) is 9.18. The normalized spacial score (nSPS) is 11.2. The zero-order valence-corrected chi connectivity index (χ0v) is 12.6. The first-order valence-electron chi connectivity index (χ1n) is 7.31. The van der Waals surface area contributed by atoms with Crippen molar-refractivity contribution in [1.82, 2.24) is 0 Å². The van der Waals surface area contributed by atoms with Crippen LogP contribution >= 0.6 is 0 Å². The zero-order valence-electron chi connectivity index (χ0n) is 12.6. The molecular formula is C17H24O3. The molecule has 0 fully saturated rings. The maximum atomic E-state index is 11.6. The largest absolute Gasteiger partial charge is 0.494 e. The number of hydrogen-bond acceptors (Lipinski definition) is 3. The van der Waals surface area contributed by atoms with Gasteiger partial charge in [0.2, 0.25) is 0 Å². The molecule has 0 spiro atoms. The van der Waals surface area contributed by atoms with E-state index >= 15 is 0 Å². The van der Waals surface area contributed by atoms with E-state index < -0.39 is 0 Å². The molecule has 0 heterocycles. The van der Waals surface area contributed by atoms with Gasteiger partial charge in [0.25, 0.3) is 0 Å². The molecule has 1 aromatic rings. The Morgan fingerprint density at radius 3 is 2.35 bits per heavy atom. The first kappa shape index (κ1) is 16.3. The molecular weight excluding hydrogens is 252 g/mol. The van der Waals surface area contributed by atoms with Gasteiger partial charge in [-0.05, 0) is 43.0 Å². The van der Waals surface area contributed by atoms with Crippen LogP contribution in [0.4, 0.5) is 0 Å². The Hall–Kier alpha value is -1.77. The van der Waals surface area contributed by atoms with Crippen LogP contribution in [0.2, 0.25) is 0 Å². The van der Waals surface area contributed by atoms with E-state index in [0.29, 0.717) is 6.61 Å². The zero-order chi connectivity index (χ0) is 14.8. The van der Waals surface area contributed by atoms with Gasteiger partial charge in [-0.15, -0.1) is 0 Å². The fourth-order valence-electron chi connectivity index (χ4n) is 1.88. The van der Waals surface area contributed by atoms with Crippen molar-refractivity contribution in [3.05, 3.63) is 35.9 Å². The summed E-state index contributed by atoms with van der Waals surface area (Å²) in [4.78, 5) is 11.6. The molecule has 0 amide bonds. The second-order valence-corrected chi connectivity index (χ2v) is 4.54. The van der Waals surface area contributed by atoms with Crippen molar-refractivity contribution in [2.24, 2.45) is 0 Å². The molecule has 0 atom stereocenters. The van der Waals surface area contributed by atoms with Gasteiger partial charge in [-0.2, -0.15) is 0 Å². The summed E-state index contributed by atoms with van der Waals surface area (Å²) in [5.74, 6) is 0.588. The monoisotopic (exact) mass is 276 g/mol. The highest BCUT2D eigenvalue weighted by atomic mass is 16.5. The maximum Gasteiger partial charge on any atom is 0.331 e. The van der Waals surface area contributed by atoms with Crippen molar-refractivity contribution in [2.75, 3.05) is 13.2 Å². The van der Waals surface area contributed by atoms with Crippen LogP contribution in [0.25, 0.3) is 5.57 Å². The molecule has 0 bridgehead atoms. The highest BCUT2D eigenvalue weighted by Gasteiger charge is 2.05. The van der Waals surface area contributed by atoms with Gasteiger partial charge >= 0.3 is 5.97 Å². The third kappa shape index (κ3) is 5.47. The SMILES string of the molecule is CCCOc1ccc(C(=CC(=O)OCC)CCC)cc1. The second-order valence-electron chi connectivity index (χ2n) is 4.54. The van der Waals surface area contributed by atoms with Crippen LogP contribution < -0.4 is 4.74 Å². The summed E-state index contributed by atoms with van der Waals surface area (Å²) in [6, 6.07) is 7.87. The Kier molecular flexibility index (Phi) is 7.48. The molecule has 20 heavy (non-hydrogen) atoms. The molecule has 0 aliphatic carbocycles. The number of rotatable bonds is 8. The van der Waals surface area contributed by atoms with Crippen molar-refractivity contribution >= 4 is 11.5 Å². The van der Waals surface area contributed by atoms with Gasteiger partial charge in [0.05, 0.1) is 13.2 Å². The minimum atomic E-state index is -0.276. The Morgan fingerprint density at radius 2 is 1.80 bits per heavy atom. The van der Waals surface area contributed by atoms with Gasteiger partial charge in [-0.25, -0.2) is 4.79 Å². The highest BCUT2D eigenvalue weighted by molar-refractivity contribution is 5.91. The molecule has 1 aromatic carbocycles. The molecule has 0 saturated heterocycles. The molecule has 3 nitrogen and oxygen atoms in total. The smallest absolute Gasteiger partial charge is 0.331 e. The molecule has 110 valence electrons. The molecule has 1 rings (SSSR count). The number of carbonyl (C=O) groups excluding carboxylic acids is 1. The van der Waals surface area contributed by atoms with E-state index in [0.717, 1.165) is 42.8 Å². The van der Waals surface area contributed by atoms with E-state index in [4.69, 9.17) is 9.47 Å². The van der Waals surface area contributed by atoms with Crippen molar-refractivity contribution in [3.8, 4) is 5.75 Å². The van der Waals surface area contributed by atoms with Crippen molar-refractivity contribution in [3.63, 3.8) is 0 Å². The maximum absolute atomic E-state index is 11.6. The Morgan fingerprint density at radius 1 is 1.10 bits per heavy atom. The van der Waals surface area contributed by atoms with E-state index in [1.54, 1.807) is 6.08 Å². The number of esters is 1. The lowest BCUT2D eigenvalue weighted by atomic mass is 10.0. The van der Waals surface area contributed by atoms with E-state index in [-0.39, 0.29) is 5.97 Å². The fraction of sp³-hybridized carbons (Fsp3) is 0.471. The summed E-state index contributed by atoms with van der Waals surface area (Å²) in [6.45, 7) is 7.11. The summed E-state index contributed by atoms with van der Waals surface area (Å²) in [6.07, 6.45) is 4.42. The predicted octanol–water partition coefficient (Wildman–Crippen LogP) is 4.22. The van der Waals surface area contributed by atoms with E-state index in [2.05, 4.69) is 13.8 Å². The molecule has 0 aliphatic rings. The molecule has 0 aliphatic heterocycles. The summed E-state index contributed by atoms with van der Waals surface area (Å²) in [5, 5.41) is 0. The summed E-state index contributed by atoms with van der Waals surface area (Å²) < 4.78 is 10.5. The molecule has 3 heteroatoms. The molecule has 0 N–H and O–H groups in total. The van der Waals surface area contributed by atoms with Crippen LogP contribution in [0.1, 0.15) is 45.6 Å². The fourth-order valence-corrected chi connectivity index (χ4v) is 1.88. The first-order valence-corrected chi connectivity index (χ1v) is 7.31. The van der Waals surface area contributed by atoms with E-state index in [9.17, 15) is 4.79 Å². The lowest BCUT2D eigenvalue weighted by Gasteiger charge is -2.09. The van der Waals surface area contributed by atoms with Gasteiger partial charge in [-0.3, -0.25) is 0 Å². The minimum Gasteiger partial charge on any atom is -0.494 e. The number of allylic oxidation sites excluding steroid dienone is 1. The minimum absolute atomic E-state index is 0.276. The van der Waals surface area contributed by atoms with Gasteiger partial charge in [-0.1, -0.05) is 32.4 Å². The Labute approximate surface area is 121 Å². The van der Waals surface area contributed by atoms with Crippen LogP contribution in [0.5, 0.6) is 5.75 Å². The van der Waals surface area contributed by atoms with E-state index in [1.165, 1.54) is 0 Å². The van der Waals surface area contributed by atoms with Crippen molar-refractivity contribution in [2.45, 2.75) is 40.0 Å². The standard InChI is InChI=1S/C17H24O3/c1-4-7-15(13-17(18)19-6-3)14-8-10-16(11-9-14)20-12-5-2/h8-11,13H,4-7,12H2,1-3H3. The molecule has 0 radical (unpaired) electrons. The number of carbonyl (C=O) groups is 1. The van der Waals surface area contributed by atoms with Crippen LogP contribution in [-0.2, 0) is 9.53 Å². The summed E-state index contributed by atoms with van der Waals surface area (Å²) in [5.41, 5.74) is 2.05. The van der Waals surface area contributed by atoms with Gasteiger partial charge in [0, 0.05) is 6.08 Å². The molecule has 0 unspecified atom stereocenters. The first-order chi connectivity index (χ1) is 9.71. The summed E-state index contributed by atoms with van der Waals surface area (Å²) >= 11 is 0. The third-order valence-electron chi connectivity index (χ3n) is 2.80. The Bertz CT molecular complexity index is 432. The molecule has 0 saturated carbocycles. The van der Waals surface area contributed by atoms with Gasteiger partial charge in [0.1, 0.15) is 5.75 Å². The Balaban J connectivity index is 2.83. The highest BCUT2D eigenvalue weighted by Crippen LogP contribution is 2.23. The average molecular weight is 276 g/mol. The topological polar surface area (TPSA) is 35.5 Å². The quantitative estimate of drug-likeness (QED) is 0.526. The lowest BCUT2D eigenvalue weighted by molar-refractivity contribution is -0.137.